The molecule has 4 heterocycles. The summed E-state index contributed by atoms with van der Waals surface area (Å²) in [6, 6.07) is 9.44. The first-order chi connectivity index (χ1) is 13.1. The van der Waals surface area contributed by atoms with E-state index in [0.717, 1.165) is 16.5 Å². The van der Waals surface area contributed by atoms with E-state index in [1.165, 1.54) is 0 Å². The van der Waals surface area contributed by atoms with Crippen molar-refractivity contribution in [3.8, 4) is 11.3 Å². The molecule has 0 aliphatic carbocycles. The van der Waals surface area contributed by atoms with Gasteiger partial charge in [-0.25, -0.2) is 9.67 Å². The largest absolute Gasteiger partial charge is 0.345 e. The molecule has 7 nitrogen and oxygen atoms in total. The summed E-state index contributed by atoms with van der Waals surface area (Å²) >= 11 is 0. The molecule has 0 saturated carbocycles. The molecule has 0 atom stereocenters. The van der Waals surface area contributed by atoms with Crippen molar-refractivity contribution in [1.82, 2.24) is 29.6 Å². The summed E-state index contributed by atoms with van der Waals surface area (Å²) in [5.74, 6) is -0.0894. The van der Waals surface area contributed by atoms with Crippen LogP contribution in [0.25, 0.3) is 22.3 Å². The fraction of sp³-hybridized carbons (Fsp3) is 0.150. The highest BCUT2D eigenvalue weighted by Gasteiger charge is 2.19. The summed E-state index contributed by atoms with van der Waals surface area (Å²) in [5.41, 5.74) is 3.78. The number of amides is 1. The number of rotatable bonds is 4. The van der Waals surface area contributed by atoms with Crippen molar-refractivity contribution in [2.75, 3.05) is 14.1 Å². The monoisotopic (exact) mass is 358 g/mol. The Bertz CT molecular complexity index is 1090. The van der Waals surface area contributed by atoms with Crippen LogP contribution in [0.5, 0.6) is 0 Å². The molecule has 27 heavy (non-hydrogen) atoms. The van der Waals surface area contributed by atoms with E-state index in [-0.39, 0.29) is 5.91 Å². The molecule has 0 unspecified atom stereocenters. The predicted octanol–water partition coefficient (Wildman–Crippen LogP) is 2.64. The molecule has 0 aliphatic heterocycles. The molecule has 0 fully saturated rings. The zero-order chi connectivity index (χ0) is 18.8. The van der Waals surface area contributed by atoms with E-state index < -0.39 is 0 Å². The number of nitrogens with zero attached hydrogens (tertiary/aromatic N) is 6. The average Bonchev–Trinajstić information content (AvgIpc) is 3.11. The highest BCUT2D eigenvalue weighted by molar-refractivity contribution is 6.06. The van der Waals surface area contributed by atoms with Crippen molar-refractivity contribution < 1.29 is 4.79 Å². The molecule has 0 saturated heterocycles. The Labute approximate surface area is 156 Å². The van der Waals surface area contributed by atoms with Crippen LogP contribution in [0, 0.1) is 0 Å². The second-order valence-corrected chi connectivity index (χ2v) is 6.40. The van der Waals surface area contributed by atoms with Crippen LogP contribution < -0.4 is 0 Å². The number of hydrogen-bond donors (Lipinski definition) is 0. The lowest BCUT2D eigenvalue weighted by molar-refractivity contribution is 0.0829. The number of hydrogen-bond acceptors (Lipinski definition) is 5. The molecular formula is C20H18N6O. The quantitative estimate of drug-likeness (QED) is 0.560. The lowest BCUT2D eigenvalue weighted by Crippen LogP contribution is -2.22. The normalized spacial score (nSPS) is 10.9. The standard InChI is InChI=1S/C20H18N6O/c1-25(2)20(27)16-9-18(15-6-4-8-22-11-15)24-19-17(16)12-23-26(19)13-14-5-3-7-21-10-14/h3-12H,13H2,1-2H3. The van der Waals surface area contributed by atoms with Crippen molar-refractivity contribution in [2.45, 2.75) is 6.54 Å². The van der Waals surface area contributed by atoms with Gasteiger partial charge in [0.1, 0.15) is 0 Å². The predicted molar refractivity (Wildman–Crippen MR) is 102 cm³/mol. The minimum atomic E-state index is -0.0894. The molecule has 134 valence electrons. The number of fused-ring (bicyclic) bond motifs is 1. The van der Waals surface area contributed by atoms with Crippen LogP contribution in [0.3, 0.4) is 0 Å². The molecule has 0 spiro atoms. The Kier molecular flexibility index (Phi) is 4.33. The van der Waals surface area contributed by atoms with Gasteiger partial charge in [0, 0.05) is 44.4 Å². The minimum absolute atomic E-state index is 0.0894. The molecule has 4 aromatic rings. The van der Waals surface area contributed by atoms with Gasteiger partial charge < -0.3 is 4.90 Å². The molecule has 1 amide bonds. The van der Waals surface area contributed by atoms with Crippen LogP contribution >= 0.6 is 0 Å². The summed E-state index contributed by atoms with van der Waals surface area (Å²) in [6.45, 7) is 0.524. The third-order valence-electron chi connectivity index (χ3n) is 4.26. The van der Waals surface area contributed by atoms with E-state index in [1.807, 2.05) is 24.3 Å². The Morgan fingerprint density at radius 2 is 1.85 bits per heavy atom. The summed E-state index contributed by atoms with van der Waals surface area (Å²) in [5, 5.41) is 5.19. The maximum atomic E-state index is 12.7. The van der Waals surface area contributed by atoms with E-state index in [4.69, 9.17) is 4.98 Å². The average molecular weight is 358 g/mol. The van der Waals surface area contributed by atoms with Gasteiger partial charge in [0.25, 0.3) is 5.91 Å². The van der Waals surface area contributed by atoms with Crippen LogP contribution in [0.4, 0.5) is 0 Å². The van der Waals surface area contributed by atoms with Crippen molar-refractivity contribution in [3.63, 3.8) is 0 Å². The molecule has 4 rings (SSSR count). The van der Waals surface area contributed by atoms with Gasteiger partial charge in [0.15, 0.2) is 5.65 Å². The van der Waals surface area contributed by atoms with Crippen molar-refractivity contribution in [1.29, 1.82) is 0 Å². The minimum Gasteiger partial charge on any atom is -0.345 e. The number of aromatic nitrogens is 5. The first-order valence-corrected chi connectivity index (χ1v) is 8.51. The second kappa shape index (κ2) is 6.95. The van der Waals surface area contributed by atoms with E-state index in [1.54, 1.807) is 60.7 Å². The van der Waals surface area contributed by atoms with Gasteiger partial charge in [0.05, 0.1) is 29.4 Å². The first-order valence-electron chi connectivity index (χ1n) is 8.51. The van der Waals surface area contributed by atoms with Crippen molar-refractivity contribution in [3.05, 3.63) is 72.4 Å². The summed E-state index contributed by atoms with van der Waals surface area (Å²) in [4.78, 5) is 27.4. The maximum absolute atomic E-state index is 12.7. The van der Waals surface area contributed by atoms with Crippen LogP contribution in [0.15, 0.2) is 61.3 Å². The number of carbonyl (C=O) groups is 1. The molecular weight excluding hydrogens is 340 g/mol. The molecule has 0 aromatic carbocycles. The van der Waals surface area contributed by atoms with Crippen LogP contribution in [-0.4, -0.2) is 49.6 Å². The highest BCUT2D eigenvalue weighted by Crippen LogP contribution is 2.25. The van der Waals surface area contributed by atoms with Gasteiger partial charge in [0.2, 0.25) is 0 Å². The van der Waals surface area contributed by atoms with Gasteiger partial charge in [-0.3, -0.25) is 14.8 Å². The molecule has 0 N–H and O–H groups in total. The smallest absolute Gasteiger partial charge is 0.254 e. The fourth-order valence-electron chi connectivity index (χ4n) is 2.91. The van der Waals surface area contributed by atoms with Crippen LogP contribution in [-0.2, 0) is 6.54 Å². The lowest BCUT2D eigenvalue weighted by Gasteiger charge is -2.13. The third kappa shape index (κ3) is 3.27. The molecule has 7 heteroatoms. The second-order valence-electron chi connectivity index (χ2n) is 6.40. The number of pyridine rings is 3. The Morgan fingerprint density at radius 3 is 2.52 bits per heavy atom. The molecule has 0 bridgehead atoms. The summed E-state index contributed by atoms with van der Waals surface area (Å²) in [6.07, 6.45) is 8.67. The van der Waals surface area contributed by atoms with Crippen LogP contribution in [0.1, 0.15) is 15.9 Å². The highest BCUT2D eigenvalue weighted by atomic mass is 16.2. The molecule has 0 radical (unpaired) electrons. The fourth-order valence-corrected chi connectivity index (χ4v) is 2.91. The SMILES string of the molecule is CN(C)C(=O)c1cc(-c2cccnc2)nc2c1cnn2Cc1cccnc1. The number of carbonyl (C=O) groups excluding carboxylic acids is 1. The topological polar surface area (TPSA) is 76.8 Å². The van der Waals surface area contributed by atoms with Crippen molar-refractivity contribution in [2.24, 2.45) is 0 Å². The lowest BCUT2D eigenvalue weighted by atomic mass is 10.1. The zero-order valence-electron chi connectivity index (χ0n) is 15.1. The molecule has 0 aliphatic rings. The van der Waals surface area contributed by atoms with E-state index in [9.17, 15) is 4.79 Å². The van der Waals surface area contributed by atoms with Gasteiger partial charge >= 0.3 is 0 Å². The summed E-state index contributed by atoms with van der Waals surface area (Å²) < 4.78 is 1.79. The Morgan fingerprint density at radius 1 is 1.07 bits per heavy atom. The van der Waals surface area contributed by atoms with Crippen LogP contribution in [0.2, 0.25) is 0 Å². The molecule has 4 aromatic heterocycles. The maximum Gasteiger partial charge on any atom is 0.254 e. The van der Waals surface area contributed by atoms with E-state index in [0.29, 0.717) is 23.4 Å². The first kappa shape index (κ1) is 16.8. The third-order valence-corrected chi connectivity index (χ3v) is 4.26. The Hall–Kier alpha value is -3.61. The van der Waals surface area contributed by atoms with Gasteiger partial charge in [-0.15, -0.1) is 0 Å². The van der Waals surface area contributed by atoms with Crippen molar-refractivity contribution >= 4 is 16.9 Å². The van der Waals surface area contributed by atoms with E-state index in [2.05, 4.69) is 15.1 Å². The zero-order valence-corrected chi connectivity index (χ0v) is 15.1. The van der Waals surface area contributed by atoms with Gasteiger partial charge in [-0.05, 0) is 29.8 Å². The van der Waals surface area contributed by atoms with Gasteiger partial charge in [-0.1, -0.05) is 6.07 Å². The van der Waals surface area contributed by atoms with E-state index >= 15 is 0 Å². The van der Waals surface area contributed by atoms with Gasteiger partial charge in [-0.2, -0.15) is 5.10 Å². The summed E-state index contributed by atoms with van der Waals surface area (Å²) in [7, 11) is 3.47. The Balaban J connectivity index is 1.90.